The Labute approximate surface area is 149 Å². The van der Waals surface area contributed by atoms with Crippen molar-refractivity contribution in [3.8, 4) is 0 Å². The minimum Gasteiger partial charge on any atom is -0.423 e. The van der Waals surface area contributed by atoms with Crippen molar-refractivity contribution < 1.29 is 17.6 Å². The Morgan fingerprint density at radius 2 is 1.76 bits per heavy atom. The van der Waals surface area contributed by atoms with Gasteiger partial charge in [-0.2, -0.15) is 13.2 Å². The highest BCUT2D eigenvalue weighted by atomic mass is 79.9. The van der Waals surface area contributed by atoms with Gasteiger partial charge in [0.2, 0.25) is 0 Å². The fourth-order valence-electron chi connectivity index (χ4n) is 2.58. The average Bonchev–Trinajstić information content (AvgIpc) is 2.54. The lowest BCUT2D eigenvalue weighted by Crippen LogP contribution is -2.16. The third kappa shape index (κ3) is 3.87. The Hall–Kier alpha value is -2.28. The van der Waals surface area contributed by atoms with E-state index in [1.165, 1.54) is 12.1 Å². The van der Waals surface area contributed by atoms with Crippen LogP contribution >= 0.6 is 15.9 Å². The summed E-state index contributed by atoms with van der Waals surface area (Å²) in [6.45, 7) is 0.558. The summed E-state index contributed by atoms with van der Waals surface area (Å²) < 4.78 is 45.2. The monoisotopic (exact) mass is 411 g/mol. The largest absolute Gasteiger partial charge is 0.423 e. The molecule has 3 nitrogen and oxygen atoms in total. The molecule has 3 rings (SSSR count). The Kier molecular flexibility index (Phi) is 4.60. The Balaban J connectivity index is 1.98. The van der Waals surface area contributed by atoms with E-state index in [2.05, 4.69) is 15.9 Å². The maximum Gasteiger partial charge on any atom is 0.417 e. The molecule has 1 heterocycles. The van der Waals surface area contributed by atoms with Gasteiger partial charge in [0.25, 0.3) is 0 Å². The van der Waals surface area contributed by atoms with E-state index >= 15 is 0 Å². The van der Waals surface area contributed by atoms with Crippen molar-refractivity contribution in [3.05, 3.63) is 74.6 Å². The first-order valence-corrected chi connectivity index (χ1v) is 8.14. The second kappa shape index (κ2) is 6.55. The second-order valence-electron chi connectivity index (χ2n) is 5.64. The molecule has 0 radical (unpaired) electrons. The van der Waals surface area contributed by atoms with Crippen molar-refractivity contribution >= 4 is 32.6 Å². The van der Waals surface area contributed by atoms with Crippen LogP contribution in [0, 0.1) is 0 Å². The van der Waals surface area contributed by atoms with Crippen molar-refractivity contribution in [2.45, 2.75) is 12.7 Å². The molecule has 25 heavy (non-hydrogen) atoms. The van der Waals surface area contributed by atoms with E-state index < -0.39 is 17.4 Å². The van der Waals surface area contributed by atoms with E-state index in [4.69, 9.17) is 4.42 Å². The van der Waals surface area contributed by atoms with Gasteiger partial charge in [-0.05, 0) is 29.8 Å². The highest BCUT2D eigenvalue weighted by molar-refractivity contribution is 9.10. The van der Waals surface area contributed by atoms with Crippen LogP contribution in [0.3, 0.4) is 0 Å². The van der Waals surface area contributed by atoms with Crippen LogP contribution < -0.4 is 10.5 Å². The summed E-state index contributed by atoms with van der Waals surface area (Å²) in [4.78, 5) is 13.3. The second-order valence-corrected chi connectivity index (χ2v) is 6.56. The summed E-state index contributed by atoms with van der Waals surface area (Å²) in [7, 11) is 1.81. The van der Waals surface area contributed by atoms with E-state index in [-0.39, 0.29) is 11.0 Å². The molecule has 0 aliphatic rings. The van der Waals surface area contributed by atoms with E-state index in [0.717, 1.165) is 10.0 Å². The third-order valence-corrected chi connectivity index (χ3v) is 4.34. The maximum atomic E-state index is 13.1. The zero-order valence-electron chi connectivity index (χ0n) is 13.1. The standard InChI is InChI=1S/C18H13BrF3NO2/c1-23(10-11-2-4-12(19)5-3-11)13-6-7-14-15(18(20,21)22)9-17(24)25-16(14)8-13/h2-9H,10H2,1H3. The Morgan fingerprint density at radius 1 is 1.08 bits per heavy atom. The first-order chi connectivity index (χ1) is 11.7. The predicted octanol–water partition coefficient (Wildman–Crippen LogP) is 5.21. The molecule has 0 aliphatic heterocycles. The smallest absolute Gasteiger partial charge is 0.417 e. The van der Waals surface area contributed by atoms with E-state index in [9.17, 15) is 18.0 Å². The SMILES string of the molecule is CN(Cc1ccc(Br)cc1)c1ccc2c(C(F)(F)F)cc(=O)oc2c1. The summed E-state index contributed by atoms with van der Waals surface area (Å²) in [5, 5.41) is -0.132. The van der Waals surface area contributed by atoms with Gasteiger partial charge in [-0.1, -0.05) is 28.1 Å². The molecule has 0 aliphatic carbocycles. The number of alkyl halides is 3. The highest BCUT2D eigenvalue weighted by Crippen LogP contribution is 2.35. The van der Waals surface area contributed by atoms with Crippen molar-refractivity contribution in [1.82, 2.24) is 0 Å². The van der Waals surface area contributed by atoms with Gasteiger partial charge in [0, 0.05) is 41.3 Å². The quantitative estimate of drug-likeness (QED) is 0.554. The summed E-state index contributed by atoms with van der Waals surface area (Å²) in [6.07, 6.45) is -4.61. The van der Waals surface area contributed by atoms with Gasteiger partial charge in [-0.25, -0.2) is 4.79 Å². The molecule has 0 saturated carbocycles. The number of halogens is 4. The van der Waals surface area contributed by atoms with Crippen LogP contribution in [0.4, 0.5) is 18.9 Å². The molecule has 130 valence electrons. The zero-order chi connectivity index (χ0) is 18.2. The molecule has 0 unspecified atom stereocenters. The van der Waals surface area contributed by atoms with Gasteiger partial charge in [0.05, 0.1) is 5.56 Å². The van der Waals surface area contributed by atoms with Crippen LogP contribution in [0.25, 0.3) is 11.0 Å². The van der Waals surface area contributed by atoms with Gasteiger partial charge in [-0.3, -0.25) is 0 Å². The highest BCUT2D eigenvalue weighted by Gasteiger charge is 2.33. The fraction of sp³-hybridized carbons (Fsp3) is 0.167. The molecule has 2 aromatic carbocycles. The summed E-state index contributed by atoms with van der Waals surface area (Å²) >= 11 is 3.37. The topological polar surface area (TPSA) is 33.5 Å². The molecule has 3 aromatic rings. The Bertz CT molecular complexity index is 965. The van der Waals surface area contributed by atoms with Crippen molar-refractivity contribution in [2.75, 3.05) is 11.9 Å². The minimum atomic E-state index is -4.61. The van der Waals surface area contributed by atoms with Crippen LogP contribution in [0.5, 0.6) is 0 Å². The van der Waals surface area contributed by atoms with Crippen LogP contribution in [0.15, 0.2) is 62.2 Å². The molecule has 0 fully saturated rings. The maximum absolute atomic E-state index is 13.1. The number of rotatable bonds is 3. The third-order valence-electron chi connectivity index (χ3n) is 3.81. The van der Waals surface area contributed by atoms with Gasteiger partial charge in [0.15, 0.2) is 0 Å². The van der Waals surface area contributed by atoms with Crippen molar-refractivity contribution in [3.63, 3.8) is 0 Å². The van der Waals surface area contributed by atoms with Gasteiger partial charge in [-0.15, -0.1) is 0 Å². The van der Waals surface area contributed by atoms with Gasteiger partial charge >= 0.3 is 11.8 Å². The van der Waals surface area contributed by atoms with Crippen molar-refractivity contribution in [2.24, 2.45) is 0 Å². The summed E-state index contributed by atoms with van der Waals surface area (Å²) in [5.74, 6) is 0. The van der Waals surface area contributed by atoms with Gasteiger partial charge < -0.3 is 9.32 Å². The lowest BCUT2D eigenvalue weighted by Gasteiger charge is -2.20. The molecule has 1 aromatic heterocycles. The average molecular weight is 412 g/mol. The first-order valence-electron chi connectivity index (χ1n) is 7.35. The predicted molar refractivity (Wildman–Crippen MR) is 93.7 cm³/mol. The first kappa shape index (κ1) is 17.5. The molecule has 0 N–H and O–H groups in total. The fourth-order valence-corrected chi connectivity index (χ4v) is 2.84. The molecule has 0 spiro atoms. The van der Waals surface area contributed by atoms with Crippen LogP contribution in [0.2, 0.25) is 0 Å². The normalized spacial score (nSPS) is 11.7. The summed E-state index contributed by atoms with van der Waals surface area (Å²) in [5.41, 5.74) is -0.400. The van der Waals surface area contributed by atoms with Crippen LogP contribution in [-0.4, -0.2) is 7.05 Å². The van der Waals surface area contributed by atoms with Gasteiger partial charge in [0.1, 0.15) is 5.58 Å². The molecular formula is C18H13BrF3NO2. The minimum absolute atomic E-state index is 0.0834. The Morgan fingerprint density at radius 3 is 2.40 bits per heavy atom. The molecule has 7 heteroatoms. The molecule has 0 amide bonds. The van der Waals surface area contributed by atoms with Crippen LogP contribution in [-0.2, 0) is 12.7 Å². The van der Waals surface area contributed by atoms with E-state index in [0.29, 0.717) is 18.3 Å². The number of hydrogen-bond donors (Lipinski definition) is 0. The number of hydrogen-bond acceptors (Lipinski definition) is 3. The number of anilines is 1. The lowest BCUT2D eigenvalue weighted by molar-refractivity contribution is -0.136. The zero-order valence-corrected chi connectivity index (χ0v) is 14.7. The molecule has 0 bridgehead atoms. The molecule has 0 saturated heterocycles. The molecule has 0 atom stereocenters. The number of nitrogens with zero attached hydrogens (tertiary/aromatic N) is 1. The molecular weight excluding hydrogens is 399 g/mol. The van der Waals surface area contributed by atoms with Crippen molar-refractivity contribution in [1.29, 1.82) is 0 Å². The van der Waals surface area contributed by atoms with E-state index in [1.54, 1.807) is 6.07 Å². The van der Waals surface area contributed by atoms with Crippen LogP contribution in [0.1, 0.15) is 11.1 Å². The lowest BCUT2D eigenvalue weighted by atomic mass is 10.1. The summed E-state index contributed by atoms with van der Waals surface area (Å²) in [6, 6.07) is 12.6. The number of fused-ring (bicyclic) bond motifs is 1. The van der Waals surface area contributed by atoms with E-state index in [1.807, 2.05) is 36.2 Å². The number of benzene rings is 2.